The Bertz CT molecular complexity index is 708. The lowest BCUT2D eigenvalue weighted by molar-refractivity contribution is 0.0528. The number of nitrogen functional groups attached to an aromatic ring is 1. The van der Waals surface area contributed by atoms with Crippen LogP contribution in [0.5, 0.6) is 5.75 Å². The van der Waals surface area contributed by atoms with Gasteiger partial charge in [0.05, 0.1) is 30.9 Å². The van der Waals surface area contributed by atoms with Crippen molar-refractivity contribution < 1.29 is 19.1 Å². The summed E-state index contributed by atoms with van der Waals surface area (Å²) in [5.74, 6) is 0.183. The molecule has 24 heavy (non-hydrogen) atoms. The van der Waals surface area contributed by atoms with E-state index in [0.29, 0.717) is 35.8 Å². The summed E-state index contributed by atoms with van der Waals surface area (Å²) in [7, 11) is 0. The number of rotatable bonds is 7. The predicted molar refractivity (Wildman–Crippen MR) is 89.0 cm³/mol. The molecule has 6 nitrogen and oxygen atoms in total. The fourth-order valence-corrected chi connectivity index (χ4v) is 2.48. The molecule has 2 aromatic carbocycles. The van der Waals surface area contributed by atoms with Gasteiger partial charge in [0.2, 0.25) is 0 Å². The number of carbonyl (C=O) groups excluding carboxylic acids is 2. The van der Waals surface area contributed by atoms with Crippen LogP contribution < -0.4 is 10.5 Å². The Morgan fingerprint density at radius 3 is 2.08 bits per heavy atom. The number of imide groups is 1. The van der Waals surface area contributed by atoms with Crippen molar-refractivity contribution in [2.24, 2.45) is 0 Å². The Balaban J connectivity index is 1.39. The third kappa shape index (κ3) is 3.38. The quantitative estimate of drug-likeness (QED) is 0.478. The molecule has 0 bridgehead atoms. The molecule has 0 aliphatic carbocycles. The average molecular weight is 326 g/mol. The van der Waals surface area contributed by atoms with Gasteiger partial charge >= 0.3 is 0 Å². The van der Waals surface area contributed by atoms with Gasteiger partial charge in [0, 0.05) is 5.69 Å². The van der Waals surface area contributed by atoms with E-state index in [9.17, 15) is 9.59 Å². The summed E-state index contributed by atoms with van der Waals surface area (Å²) in [5.41, 5.74) is 7.18. The fraction of sp³-hybridized carbons (Fsp3) is 0.222. The SMILES string of the molecule is Nc1ccc(OCCOCCN2C(=O)c3ccccc3C2=O)cc1. The van der Waals surface area contributed by atoms with E-state index < -0.39 is 0 Å². The number of hydrogen-bond acceptors (Lipinski definition) is 5. The van der Waals surface area contributed by atoms with E-state index in [2.05, 4.69) is 0 Å². The van der Waals surface area contributed by atoms with Crippen molar-refractivity contribution >= 4 is 17.5 Å². The van der Waals surface area contributed by atoms with E-state index in [4.69, 9.17) is 15.2 Å². The van der Waals surface area contributed by atoms with Gasteiger partial charge in [-0.1, -0.05) is 12.1 Å². The highest BCUT2D eigenvalue weighted by Crippen LogP contribution is 2.21. The number of benzene rings is 2. The number of anilines is 1. The van der Waals surface area contributed by atoms with Crippen molar-refractivity contribution in [2.45, 2.75) is 0 Å². The maximum atomic E-state index is 12.2. The first-order chi connectivity index (χ1) is 11.7. The molecule has 124 valence electrons. The lowest BCUT2D eigenvalue weighted by atomic mass is 10.1. The number of nitrogens with two attached hydrogens (primary N) is 1. The van der Waals surface area contributed by atoms with Crippen molar-refractivity contribution in [3.05, 3.63) is 59.7 Å². The lowest BCUT2D eigenvalue weighted by Gasteiger charge is -2.14. The highest BCUT2D eigenvalue weighted by molar-refractivity contribution is 6.21. The zero-order valence-electron chi connectivity index (χ0n) is 13.1. The molecular weight excluding hydrogens is 308 g/mol. The Kier molecular flexibility index (Phi) is 4.77. The first-order valence-corrected chi connectivity index (χ1v) is 7.68. The Labute approximate surface area is 139 Å². The van der Waals surface area contributed by atoms with Gasteiger partial charge in [0.25, 0.3) is 11.8 Å². The van der Waals surface area contributed by atoms with Gasteiger partial charge in [0.1, 0.15) is 12.4 Å². The van der Waals surface area contributed by atoms with Gasteiger partial charge in [-0.25, -0.2) is 0 Å². The molecule has 3 rings (SSSR count). The first kappa shape index (κ1) is 16.0. The molecular formula is C18H18N2O4. The van der Waals surface area contributed by atoms with Gasteiger partial charge in [-0.2, -0.15) is 0 Å². The largest absolute Gasteiger partial charge is 0.491 e. The smallest absolute Gasteiger partial charge is 0.261 e. The van der Waals surface area contributed by atoms with Crippen LogP contribution in [0.1, 0.15) is 20.7 Å². The van der Waals surface area contributed by atoms with E-state index in [1.807, 2.05) is 0 Å². The summed E-state index contributed by atoms with van der Waals surface area (Å²) in [4.78, 5) is 25.5. The van der Waals surface area contributed by atoms with E-state index in [0.717, 1.165) is 0 Å². The Morgan fingerprint density at radius 1 is 0.833 bits per heavy atom. The highest BCUT2D eigenvalue weighted by atomic mass is 16.5. The van der Waals surface area contributed by atoms with Gasteiger partial charge in [0.15, 0.2) is 0 Å². The number of amides is 2. The standard InChI is InChI=1S/C18H18N2O4/c19-13-5-7-14(8-6-13)24-12-11-23-10-9-20-17(21)15-3-1-2-4-16(15)18(20)22/h1-8H,9-12,19H2. The molecule has 0 atom stereocenters. The van der Waals surface area contributed by atoms with Gasteiger partial charge < -0.3 is 15.2 Å². The molecule has 0 saturated heterocycles. The van der Waals surface area contributed by atoms with Crippen molar-refractivity contribution in [2.75, 3.05) is 32.1 Å². The zero-order chi connectivity index (χ0) is 16.9. The second-order valence-electron chi connectivity index (χ2n) is 5.34. The summed E-state index contributed by atoms with van der Waals surface area (Å²) in [6.07, 6.45) is 0. The van der Waals surface area contributed by atoms with Crippen LogP contribution in [0.4, 0.5) is 5.69 Å². The second-order valence-corrected chi connectivity index (χ2v) is 5.34. The van der Waals surface area contributed by atoms with Crippen LogP contribution in [-0.2, 0) is 4.74 Å². The third-order valence-corrected chi connectivity index (χ3v) is 3.71. The maximum Gasteiger partial charge on any atom is 0.261 e. The molecule has 2 amide bonds. The molecule has 6 heteroatoms. The topological polar surface area (TPSA) is 81.9 Å². The molecule has 0 aromatic heterocycles. The molecule has 0 fully saturated rings. The zero-order valence-corrected chi connectivity index (χ0v) is 13.1. The maximum absolute atomic E-state index is 12.2. The Hall–Kier alpha value is -2.86. The first-order valence-electron chi connectivity index (χ1n) is 7.68. The van der Waals surface area contributed by atoms with Crippen LogP contribution in [0.2, 0.25) is 0 Å². The summed E-state index contributed by atoms with van der Waals surface area (Å²) in [6.45, 7) is 1.25. The van der Waals surface area contributed by atoms with Crippen LogP contribution >= 0.6 is 0 Å². The number of ether oxygens (including phenoxy) is 2. The summed E-state index contributed by atoms with van der Waals surface area (Å²) in [6, 6.07) is 13.9. The third-order valence-electron chi connectivity index (χ3n) is 3.71. The van der Waals surface area contributed by atoms with E-state index in [1.165, 1.54) is 4.90 Å². The minimum atomic E-state index is -0.266. The number of carbonyl (C=O) groups is 2. The predicted octanol–water partition coefficient (Wildman–Crippen LogP) is 1.96. The van der Waals surface area contributed by atoms with Crippen molar-refractivity contribution in [1.29, 1.82) is 0 Å². The van der Waals surface area contributed by atoms with E-state index in [1.54, 1.807) is 48.5 Å². The second kappa shape index (κ2) is 7.14. The molecule has 2 N–H and O–H groups in total. The van der Waals surface area contributed by atoms with Gasteiger partial charge in [-0.15, -0.1) is 0 Å². The van der Waals surface area contributed by atoms with Crippen molar-refractivity contribution in [1.82, 2.24) is 4.90 Å². The minimum Gasteiger partial charge on any atom is -0.491 e. The van der Waals surface area contributed by atoms with E-state index in [-0.39, 0.29) is 25.0 Å². The molecule has 1 aliphatic rings. The van der Waals surface area contributed by atoms with Crippen LogP contribution in [0.15, 0.2) is 48.5 Å². The normalized spacial score (nSPS) is 13.2. The highest BCUT2D eigenvalue weighted by Gasteiger charge is 2.34. The number of fused-ring (bicyclic) bond motifs is 1. The van der Waals surface area contributed by atoms with Crippen LogP contribution in [0.3, 0.4) is 0 Å². The molecule has 2 aromatic rings. The molecule has 0 radical (unpaired) electrons. The van der Waals surface area contributed by atoms with Crippen LogP contribution in [-0.4, -0.2) is 43.1 Å². The summed E-state index contributed by atoms with van der Waals surface area (Å²) >= 11 is 0. The monoisotopic (exact) mass is 326 g/mol. The molecule has 1 heterocycles. The van der Waals surface area contributed by atoms with E-state index >= 15 is 0 Å². The van der Waals surface area contributed by atoms with Crippen molar-refractivity contribution in [3.63, 3.8) is 0 Å². The summed E-state index contributed by atoms with van der Waals surface area (Å²) in [5, 5.41) is 0. The molecule has 1 aliphatic heterocycles. The molecule has 0 spiro atoms. The fourth-order valence-electron chi connectivity index (χ4n) is 2.48. The minimum absolute atomic E-state index is 0.230. The average Bonchev–Trinajstić information content (AvgIpc) is 2.84. The molecule has 0 unspecified atom stereocenters. The van der Waals surface area contributed by atoms with Gasteiger partial charge in [-0.3, -0.25) is 14.5 Å². The van der Waals surface area contributed by atoms with Crippen LogP contribution in [0.25, 0.3) is 0 Å². The Morgan fingerprint density at radius 2 is 1.46 bits per heavy atom. The van der Waals surface area contributed by atoms with Gasteiger partial charge in [-0.05, 0) is 36.4 Å². The summed E-state index contributed by atoms with van der Waals surface area (Å²) < 4.78 is 10.9. The van der Waals surface area contributed by atoms with Crippen molar-refractivity contribution in [3.8, 4) is 5.75 Å². The molecule has 0 saturated carbocycles. The van der Waals surface area contributed by atoms with Crippen LogP contribution in [0, 0.1) is 0 Å². The number of hydrogen-bond donors (Lipinski definition) is 1. The lowest BCUT2D eigenvalue weighted by Crippen LogP contribution is -2.33. The number of nitrogens with zero attached hydrogens (tertiary/aromatic N) is 1.